The maximum atomic E-state index is 5.97. The van der Waals surface area contributed by atoms with Crippen LogP contribution < -0.4 is 0 Å². The summed E-state index contributed by atoms with van der Waals surface area (Å²) in [7, 11) is 0. The number of fused-ring (bicyclic) bond motifs is 1. The number of hydrogen-bond acceptors (Lipinski definition) is 1. The lowest BCUT2D eigenvalue weighted by atomic mass is 10.2. The van der Waals surface area contributed by atoms with Gasteiger partial charge in [-0.1, -0.05) is 33.6 Å². The molecule has 66 valence electrons. The van der Waals surface area contributed by atoms with Crippen molar-refractivity contribution < 1.29 is 0 Å². The van der Waals surface area contributed by atoms with Crippen molar-refractivity contribution in [2.45, 2.75) is 0 Å². The maximum Gasteiger partial charge on any atom is 0.136 e. The summed E-state index contributed by atoms with van der Waals surface area (Å²) in [6.07, 6.45) is 1.78. The lowest BCUT2D eigenvalue weighted by molar-refractivity contribution is 1.34. The summed E-state index contributed by atoms with van der Waals surface area (Å²) in [5.41, 5.74) is 0. The number of pyridine rings is 1. The Morgan fingerprint density at radius 1 is 1.31 bits per heavy atom. The van der Waals surface area contributed by atoms with Gasteiger partial charge in [0.15, 0.2) is 0 Å². The molecule has 0 atom stereocenters. The summed E-state index contributed by atoms with van der Waals surface area (Å²) in [4.78, 5) is 4.09. The van der Waals surface area contributed by atoms with Crippen LogP contribution in [-0.2, 0) is 0 Å². The van der Waals surface area contributed by atoms with Crippen molar-refractivity contribution in [1.29, 1.82) is 0 Å². The van der Waals surface area contributed by atoms with Crippen molar-refractivity contribution >= 4 is 60.9 Å². The fourth-order valence-corrected chi connectivity index (χ4v) is 2.32. The van der Waals surface area contributed by atoms with E-state index in [9.17, 15) is 0 Å². The second-order valence-corrected chi connectivity index (χ2v) is 5.02. The normalized spacial score (nSPS) is 10.7. The Hall–Kier alpha value is 0.130. The van der Waals surface area contributed by atoms with Crippen LogP contribution in [0.5, 0.6) is 0 Å². The van der Waals surface area contributed by atoms with Crippen LogP contribution in [0.15, 0.2) is 28.9 Å². The van der Waals surface area contributed by atoms with Gasteiger partial charge in [0.05, 0.1) is 0 Å². The molecule has 0 aliphatic carbocycles. The first-order valence-corrected chi connectivity index (χ1v) is 5.83. The molecule has 0 spiro atoms. The van der Waals surface area contributed by atoms with Gasteiger partial charge < -0.3 is 0 Å². The zero-order chi connectivity index (χ0) is 9.42. The number of halogens is 3. The highest BCUT2D eigenvalue weighted by atomic mass is 127. The second kappa shape index (κ2) is 3.71. The van der Waals surface area contributed by atoms with Crippen molar-refractivity contribution in [2.24, 2.45) is 0 Å². The van der Waals surface area contributed by atoms with E-state index in [-0.39, 0.29) is 0 Å². The molecule has 0 saturated carbocycles. The molecule has 2 rings (SSSR count). The predicted molar refractivity (Wildman–Crippen MR) is 67.2 cm³/mol. The van der Waals surface area contributed by atoms with Crippen molar-refractivity contribution in [3.63, 3.8) is 0 Å². The minimum absolute atomic E-state index is 0.553. The zero-order valence-electron chi connectivity index (χ0n) is 6.39. The van der Waals surface area contributed by atoms with E-state index in [1.165, 1.54) is 0 Å². The largest absolute Gasteiger partial charge is 0.243 e. The molecular formula is C9H4BrClIN. The van der Waals surface area contributed by atoms with Gasteiger partial charge in [0, 0.05) is 19.6 Å². The Kier molecular flexibility index (Phi) is 2.76. The second-order valence-electron chi connectivity index (χ2n) is 2.59. The molecule has 2 aromatic rings. The summed E-state index contributed by atoms with van der Waals surface area (Å²) >= 11 is 11.6. The van der Waals surface area contributed by atoms with Crippen LogP contribution in [0, 0.1) is 3.57 Å². The molecule has 0 unspecified atom stereocenters. The monoisotopic (exact) mass is 367 g/mol. The minimum atomic E-state index is 0.553. The van der Waals surface area contributed by atoms with Crippen LogP contribution in [0.1, 0.15) is 0 Å². The van der Waals surface area contributed by atoms with E-state index in [1.54, 1.807) is 6.20 Å². The maximum absolute atomic E-state index is 5.97. The fourth-order valence-electron chi connectivity index (χ4n) is 1.15. The Morgan fingerprint density at radius 2 is 2.08 bits per heavy atom. The van der Waals surface area contributed by atoms with E-state index in [2.05, 4.69) is 43.5 Å². The van der Waals surface area contributed by atoms with Gasteiger partial charge in [-0.3, -0.25) is 0 Å². The van der Waals surface area contributed by atoms with Crippen molar-refractivity contribution in [3.8, 4) is 0 Å². The molecule has 0 aliphatic heterocycles. The van der Waals surface area contributed by atoms with Gasteiger partial charge in [0.2, 0.25) is 0 Å². The third kappa shape index (κ3) is 1.82. The van der Waals surface area contributed by atoms with Crippen LogP contribution in [0.4, 0.5) is 0 Å². The lowest BCUT2D eigenvalue weighted by Gasteiger charge is -2.02. The highest BCUT2D eigenvalue weighted by Gasteiger charge is 2.03. The first-order chi connectivity index (χ1) is 6.18. The Balaban J connectivity index is 2.92. The standard InChI is InChI=1S/C9H4BrClIN/c10-5-1-2-6-7(3-5)9(11)13-4-8(6)12/h1-4H. The molecule has 0 amide bonds. The SMILES string of the molecule is Clc1ncc(I)c2ccc(Br)cc12. The molecule has 4 heteroatoms. The quantitative estimate of drug-likeness (QED) is 0.500. The summed E-state index contributed by atoms with van der Waals surface area (Å²) in [6, 6.07) is 6.02. The molecule has 1 aromatic carbocycles. The van der Waals surface area contributed by atoms with Gasteiger partial charge in [0.25, 0.3) is 0 Å². The molecule has 13 heavy (non-hydrogen) atoms. The Bertz CT molecular complexity index is 472. The van der Waals surface area contributed by atoms with Crippen LogP contribution in [0.25, 0.3) is 10.8 Å². The highest BCUT2D eigenvalue weighted by molar-refractivity contribution is 14.1. The van der Waals surface area contributed by atoms with Gasteiger partial charge in [-0.2, -0.15) is 0 Å². The fraction of sp³-hybridized carbons (Fsp3) is 0. The first-order valence-electron chi connectivity index (χ1n) is 3.58. The minimum Gasteiger partial charge on any atom is -0.243 e. The predicted octanol–water partition coefficient (Wildman–Crippen LogP) is 4.26. The number of hydrogen-bond donors (Lipinski definition) is 0. The molecule has 0 bridgehead atoms. The molecule has 0 saturated heterocycles. The van der Waals surface area contributed by atoms with E-state index >= 15 is 0 Å². The third-order valence-corrected chi connectivity index (χ3v) is 3.41. The molecule has 0 radical (unpaired) electrons. The first kappa shape index (κ1) is 9.68. The van der Waals surface area contributed by atoms with E-state index in [0.717, 1.165) is 18.8 Å². The molecule has 1 heterocycles. The molecule has 1 nitrogen and oxygen atoms in total. The van der Waals surface area contributed by atoms with Gasteiger partial charge in [-0.05, 0) is 40.1 Å². The van der Waals surface area contributed by atoms with E-state index in [1.807, 2.05) is 18.2 Å². The highest BCUT2D eigenvalue weighted by Crippen LogP contribution is 2.27. The number of aromatic nitrogens is 1. The molecule has 1 aromatic heterocycles. The Morgan fingerprint density at radius 3 is 2.85 bits per heavy atom. The van der Waals surface area contributed by atoms with Crippen LogP contribution in [0.2, 0.25) is 5.15 Å². The number of benzene rings is 1. The van der Waals surface area contributed by atoms with Crippen LogP contribution in [-0.4, -0.2) is 4.98 Å². The lowest BCUT2D eigenvalue weighted by Crippen LogP contribution is -1.83. The van der Waals surface area contributed by atoms with E-state index in [0.29, 0.717) is 5.15 Å². The van der Waals surface area contributed by atoms with Crippen molar-refractivity contribution in [3.05, 3.63) is 37.6 Å². The molecule has 0 N–H and O–H groups in total. The van der Waals surface area contributed by atoms with Crippen molar-refractivity contribution in [1.82, 2.24) is 4.98 Å². The Labute approximate surface area is 103 Å². The van der Waals surface area contributed by atoms with Crippen molar-refractivity contribution in [2.75, 3.05) is 0 Å². The topological polar surface area (TPSA) is 12.9 Å². The summed E-state index contributed by atoms with van der Waals surface area (Å²) in [5.74, 6) is 0. The number of nitrogens with zero attached hydrogens (tertiary/aromatic N) is 1. The third-order valence-electron chi connectivity index (χ3n) is 1.75. The molecular weight excluding hydrogens is 364 g/mol. The van der Waals surface area contributed by atoms with Crippen LogP contribution in [0.3, 0.4) is 0 Å². The van der Waals surface area contributed by atoms with Gasteiger partial charge in [-0.15, -0.1) is 0 Å². The zero-order valence-corrected chi connectivity index (χ0v) is 10.9. The van der Waals surface area contributed by atoms with Gasteiger partial charge >= 0.3 is 0 Å². The summed E-state index contributed by atoms with van der Waals surface area (Å²) in [5, 5.41) is 2.68. The van der Waals surface area contributed by atoms with Crippen LogP contribution >= 0.6 is 50.1 Å². The molecule has 0 fully saturated rings. The smallest absolute Gasteiger partial charge is 0.136 e. The average Bonchev–Trinajstić information content (AvgIpc) is 2.12. The summed E-state index contributed by atoms with van der Waals surface area (Å²) < 4.78 is 2.13. The average molecular weight is 368 g/mol. The van der Waals surface area contributed by atoms with E-state index in [4.69, 9.17) is 11.6 Å². The van der Waals surface area contributed by atoms with Gasteiger partial charge in [0.1, 0.15) is 5.15 Å². The number of rotatable bonds is 0. The van der Waals surface area contributed by atoms with Gasteiger partial charge in [-0.25, -0.2) is 4.98 Å². The summed E-state index contributed by atoms with van der Waals surface area (Å²) in [6.45, 7) is 0. The molecule has 0 aliphatic rings. The van der Waals surface area contributed by atoms with E-state index < -0.39 is 0 Å².